The van der Waals surface area contributed by atoms with Gasteiger partial charge in [-0.2, -0.15) is 0 Å². The number of rotatable bonds is 10. The van der Waals surface area contributed by atoms with E-state index in [1.807, 2.05) is 73.0 Å². The smallest absolute Gasteiger partial charge is 0.304 e. The van der Waals surface area contributed by atoms with Gasteiger partial charge in [0.05, 0.1) is 18.0 Å². The van der Waals surface area contributed by atoms with E-state index in [0.29, 0.717) is 23.1 Å². The van der Waals surface area contributed by atoms with Gasteiger partial charge in [0.25, 0.3) is 0 Å². The number of pyridine rings is 1. The van der Waals surface area contributed by atoms with E-state index in [1.165, 1.54) is 16.2 Å². The Morgan fingerprint density at radius 2 is 1.73 bits per heavy atom. The number of anilines is 2. The van der Waals surface area contributed by atoms with Gasteiger partial charge in [-0.1, -0.05) is 61.5 Å². The van der Waals surface area contributed by atoms with Crippen molar-refractivity contribution in [2.75, 3.05) is 17.3 Å². The van der Waals surface area contributed by atoms with Gasteiger partial charge in [-0.05, 0) is 42.5 Å². The maximum atomic E-state index is 13.4. The molecule has 0 radical (unpaired) electrons. The monoisotopic (exact) mass is 554 g/mol. The van der Waals surface area contributed by atoms with Gasteiger partial charge in [-0.25, -0.2) is 9.97 Å². The molecule has 1 saturated carbocycles. The van der Waals surface area contributed by atoms with Crippen molar-refractivity contribution in [1.29, 1.82) is 0 Å². The highest BCUT2D eigenvalue weighted by Crippen LogP contribution is 2.45. The number of aliphatic carboxylic acids is 1. The lowest BCUT2D eigenvalue weighted by atomic mass is 9.95. The highest BCUT2D eigenvalue weighted by molar-refractivity contribution is 7.14. The SMILES string of the molecule is CN(C(=O)[C@@H](CC(=O)O)Cc1ccccc1)c1nc(-c2ccccc2-c2ccc(NC(=O)C3(C)CC3)nc2)cs1. The quantitative estimate of drug-likeness (QED) is 0.252. The number of aromatic nitrogens is 2. The molecule has 0 bridgehead atoms. The molecule has 204 valence electrons. The molecule has 2 N–H and O–H groups in total. The zero-order chi connectivity index (χ0) is 28.3. The van der Waals surface area contributed by atoms with E-state index in [4.69, 9.17) is 4.98 Å². The number of carboxylic acids is 1. The Morgan fingerprint density at radius 1 is 1.02 bits per heavy atom. The van der Waals surface area contributed by atoms with Gasteiger partial charge in [0, 0.05) is 35.2 Å². The summed E-state index contributed by atoms with van der Waals surface area (Å²) >= 11 is 1.33. The van der Waals surface area contributed by atoms with Crippen LogP contribution in [0.2, 0.25) is 0 Å². The third kappa shape index (κ3) is 6.10. The number of carbonyl (C=O) groups excluding carboxylic acids is 2. The average Bonchev–Trinajstić information content (AvgIpc) is 3.53. The van der Waals surface area contributed by atoms with Crippen molar-refractivity contribution in [3.8, 4) is 22.4 Å². The highest BCUT2D eigenvalue weighted by atomic mass is 32.1. The Labute approximate surface area is 236 Å². The van der Waals surface area contributed by atoms with Gasteiger partial charge in [0.15, 0.2) is 5.13 Å². The number of amides is 2. The second-order valence-corrected chi connectivity index (χ2v) is 11.2. The van der Waals surface area contributed by atoms with Crippen molar-refractivity contribution >= 4 is 40.1 Å². The molecule has 2 amide bonds. The summed E-state index contributed by atoms with van der Waals surface area (Å²) in [4.78, 5) is 47.9. The lowest BCUT2D eigenvalue weighted by Gasteiger charge is -2.21. The lowest BCUT2D eigenvalue weighted by Crippen LogP contribution is -2.35. The second-order valence-electron chi connectivity index (χ2n) is 10.4. The summed E-state index contributed by atoms with van der Waals surface area (Å²) in [6, 6.07) is 20.9. The first-order valence-electron chi connectivity index (χ1n) is 13.1. The average molecular weight is 555 g/mol. The minimum atomic E-state index is -1.02. The molecule has 1 atom stereocenters. The summed E-state index contributed by atoms with van der Waals surface area (Å²) in [5.41, 5.74) is 3.99. The van der Waals surface area contributed by atoms with Gasteiger partial charge in [-0.15, -0.1) is 11.3 Å². The molecule has 2 aromatic carbocycles. The number of nitrogens with zero attached hydrogens (tertiary/aromatic N) is 3. The maximum absolute atomic E-state index is 13.4. The van der Waals surface area contributed by atoms with E-state index in [1.54, 1.807) is 19.3 Å². The molecule has 5 rings (SSSR count). The molecule has 0 spiro atoms. The van der Waals surface area contributed by atoms with Crippen LogP contribution < -0.4 is 10.2 Å². The molecule has 8 nitrogen and oxygen atoms in total. The minimum absolute atomic E-state index is 0.00354. The van der Waals surface area contributed by atoms with Crippen LogP contribution in [-0.2, 0) is 20.8 Å². The first-order valence-corrected chi connectivity index (χ1v) is 14.0. The van der Waals surface area contributed by atoms with E-state index in [-0.39, 0.29) is 23.7 Å². The summed E-state index contributed by atoms with van der Waals surface area (Å²) in [6.07, 6.45) is 3.59. The first kappa shape index (κ1) is 27.2. The van der Waals surface area contributed by atoms with E-state index in [2.05, 4.69) is 10.3 Å². The fraction of sp³-hybridized carbons (Fsp3) is 0.258. The fourth-order valence-electron chi connectivity index (χ4n) is 4.53. The first-order chi connectivity index (χ1) is 19.2. The van der Waals surface area contributed by atoms with Gasteiger partial charge < -0.3 is 10.4 Å². The molecular formula is C31H30N4O4S. The van der Waals surface area contributed by atoms with Crippen molar-refractivity contribution in [1.82, 2.24) is 9.97 Å². The Morgan fingerprint density at radius 3 is 2.38 bits per heavy atom. The number of hydrogen-bond donors (Lipinski definition) is 2. The molecule has 40 heavy (non-hydrogen) atoms. The van der Waals surface area contributed by atoms with Crippen molar-refractivity contribution < 1.29 is 19.5 Å². The number of thiazole rings is 1. The van der Waals surface area contributed by atoms with E-state index in [0.717, 1.165) is 35.1 Å². The molecule has 0 aliphatic heterocycles. The molecule has 1 aliphatic rings. The molecule has 4 aromatic rings. The summed E-state index contributed by atoms with van der Waals surface area (Å²) in [5, 5.41) is 14.7. The van der Waals surface area contributed by atoms with Crippen LogP contribution in [0.5, 0.6) is 0 Å². The fourth-order valence-corrected chi connectivity index (χ4v) is 5.33. The molecule has 1 fully saturated rings. The van der Waals surface area contributed by atoms with Crippen LogP contribution in [0.1, 0.15) is 31.7 Å². The molecule has 2 heterocycles. The predicted octanol–water partition coefficient (Wildman–Crippen LogP) is 5.91. The standard InChI is InChI=1S/C31H30N4O4S/c1-31(14-15-31)29(39)34-26-13-12-21(18-32-26)23-10-6-7-11-24(23)25-19-40-30(33-25)35(2)28(38)22(17-27(36)37)16-20-8-4-3-5-9-20/h3-13,18-19,22H,14-17H2,1-2H3,(H,36,37)(H,32,34,39)/t22-/m1/s1. The lowest BCUT2D eigenvalue weighted by molar-refractivity contribution is -0.140. The van der Waals surface area contributed by atoms with Gasteiger partial charge >= 0.3 is 5.97 Å². The van der Waals surface area contributed by atoms with E-state index in [9.17, 15) is 19.5 Å². The van der Waals surface area contributed by atoms with Gasteiger partial charge in [0.1, 0.15) is 5.82 Å². The van der Waals surface area contributed by atoms with Crippen LogP contribution in [0.3, 0.4) is 0 Å². The topological polar surface area (TPSA) is 112 Å². The van der Waals surface area contributed by atoms with E-state index >= 15 is 0 Å². The van der Waals surface area contributed by atoms with Crippen molar-refractivity contribution in [2.45, 2.75) is 32.6 Å². The number of carboxylic acid groups (broad SMARTS) is 1. The zero-order valence-electron chi connectivity index (χ0n) is 22.3. The summed E-state index contributed by atoms with van der Waals surface area (Å²) in [7, 11) is 1.63. The van der Waals surface area contributed by atoms with Crippen LogP contribution in [0, 0.1) is 11.3 Å². The highest BCUT2D eigenvalue weighted by Gasteiger charge is 2.45. The molecule has 9 heteroatoms. The van der Waals surface area contributed by atoms with E-state index < -0.39 is 11.9 Å². The van der Waals surface area contributed by atoms with Gasteiger partial charge in [0.2, 0.25) is 11.8 Å². The number of benzene rings is 2. The summed E-state index contributed by atoms with van der Waals surface area (Å²) in [6.45, 7) is 1.95. The third-order valence-electron chi connectivity index (χ3n) is 7.27. The van der Waals surface area contributed by atoms with Crippen LogP contribution in [-0.4, -0.2) is 39.9 Å². The minimum Gasteiger partial charge on any atom is -0.481 e. The maximum Gasteiger partial charge on any atom is 0.304 e. The Bertz CT molecular complexity index is 1530. The zero-order valence-corrected chi connectivity index (χ0v) is 23.1. The summed E-state index contributed by atoms with van der Waals surface area (Å²) in [5.74, 6) is -1.50. The van der Waals surface area contributed by atoms with Crippen LogP contribution in [0.25, 0.3) is 22.4 Å². The normalized spacial score (nSPS) is 14.2. The molecular weight excluding hydrogens is 524 g/mol. The third-order valence-corrected chi connectivity index (χ3v) is 8.19. The molecule has 2 aromatic heterocycles. The van der Waals surface area contributed by atoms with Gasteiger partial charge in [-0.3, -0.25) is 19.3 Å². The Hall–Kier alpha value is -4.37. The Balaban J connectivity index is 1.34. The summed E-state index contributed by atoms with van der Waals surface area (Å²) < 4.78 is 0. The number of carbonyl (C=O) groups is 3. The predicted molar refractivity (Wildman–Crippen MR) is 156 cm³/mol. The number of nitrogens with one attached hydrogen (secondary N) is 1. The Kier molecular flexibility index (Phi) is 7.75. The van der Waals surface area contributed by atoms with Crippen molar-refractivity contribution in [2.24, 2.45) is 11.3 Å². The number of hydrogen-bond acceptors (Lipinski definition) is 6. The molecule has 1 aliphatic carbocycles. The molecule has 0 unspecified atom stereocenters. The second kappa shape index (κ2) is 11.4. The van der Waals surface area contributed by atoms with Crippen LogP contribution in [0.15, 0.2) is 78.3 Å². The van der Waals surface area contributed by atoms with Crippen molar-refractivity contribution in [3.05, 3.63) is 83.9 Å². The van der Waals surface area contributed by atoms with Crippen molar-refractivity contribution in [3.63, 3.8) is 0 Å². The largest absolute Gasteiger partial charge is 0.481 e. The van der Waals surface area contributed by atoms with Crippen LogP contribution in [0.4, 0.5) is 10.9 Å². The van der Waals surface area contributed by atoms with Crippen LogP contribution >= 0.6 is 11.3 Å². The molecule has 0 saturated heterocycles.